The smallest absolute Gasteiger partial charge is 0.263 e. The van der Waals surface area contributed by atoms with Crippen molar-refractivity contribution in [1.82, 2.24) is 4.90 Å². The van der Waals surface area contributed by atoms with Crippen molar-refractivity contribution in [3.8, 4) is 11.8 Å². The van der Waals surface area contributed by atoms with E-state index in [1.807, 2.05) is 6.07 Å². The van der Waals surface area contributed by atoms with Crippen LogP contribution in [-0.2, 0) is 0 Å². The minimum atomic E-state index is -0.00444. The van der Waals surface area contributed by atoms with Gasteiger partial charge in [0.2, 0.25) is 0 Å². The third-order valence-corrected chi connectivity index (χ3v) is 2.66. The number of hydrogen-bond acceptors (Lipinski definition) is 3. The standard InChI is InChI=1S/C11H13NO2S/c1-12(2)11(14)10-7-6-9(15-10)5-3-4-8-13/h6-7,13H,4,8H2,1-2H3. The highest BCUT2D eigenvalue weighted by molar-refractivity contribution is 7.14. The molecule has 1 aromatic rings. The molecule has 1 amide bonds. The minimum absolute atomic E-state index is 0.00444. The van der Waals surface area contributed by atoms with Crippen molar-refractivity contribution >= 4 is 17.2 Å². The van der Waals surface area contributed by atoms with Gasteiger partial charge in [0, 0.05) is 20.5 Å². The van der Waals surface area contributed by atoms with Crippen LogP contribution in [0.15, 0.2) is 12.1 Å². The van der Waals surface area contributed by atoms with E-state index in [1.54, 1.807) is 20.2 Å². The topological polar surface area (TPSA) is 40.5 Å². The lowest BCUT2D eigenvalue weighted by molar-refractivity contribution is 0.0832. The third-order valence-electron chi connectivity index (χ3n) is 1.67. The van der Waals surface area contributed by atoms with Crippen LogP contribution in [0.5, 0.6) is 0 Å². The first kappa shape index (κ1) is 11.8. The Morgan fingerprint density at radius 2 is 2.27 bits per heavy atom. The number of thiophene rings is 1. The van der Waals surface area contributed by atoms with Gasteiger partial charge in [0.25, 0.3) is 5.91 Å². The van der Waals surface area contributed by atoms with Gasteiger partial charge in [0.1, 0.15) is 0 Å². The average Bonchev–Trinajstić information content (AvgIpc) is 2.65. The monoisotopic (exact) mass is 223 g/mol. The summed E-state index contributed by atoms with van der Waals surface area (Å²) in [7, 11) is 3.44. The second kappa shape index (κ2) is 5.54. The zero-order valence-corrected chi connectivity index (χ0v) is 9.60. The highest BCUT2D eigenvalue weighted by Gasteiger charge is 2.09. The summed E-state index contributed by atoms with van der Waals surface area (Å²) in [6.45, 7) is 0.0713. The number of aliphatic hydroxyl groups is 1. The van der Waals surface area contributed by atoms with Crippen LogP contribution in [0.4, 0.5) is 0 Å². The Morgan fingerprint density at radius 1 is 1.53 bits per heavy atom. The predicted molar refractivity (Wildman–Crippen MR) is 60.9 cm³/mol. The van der Waals surface area contributed by atoms with Crippen LogP contribution in [0.25, 0.3) is 0 Å². The molecule has 0 saturated heterocycles. The number of hydrogen-bond donors (Lipinski definition) is 1. The van der Waals surface area contributed by atoms with Crippen LogP contribution in [0.2, 0.25) is 0 Å². The molecule has 0 radical (unpaired) electrons. The molecule has 4 heteroatoms. The summed E-state index contributed by atoms with van der Waals surface area (Å²) >= 11 is 1.37. The summed E-state index contributed by atoms with van der Waals surface area (Å²) in [5.41, 5.74) is 0. The Hall–Kier alpha value is -1.31. The zero-order valence-electron chi connectivity index (χ0n) is 8.78. The molecule has 0 saturated carbocycles. The van der Waals surface area contributed by atoms with Gasteiger partial charge in [-0.05, 0) is 12.1 Å². The van der Waals surface area contributed by atoms with Crippen molar-refractivity contribution in [3.63, 3.8) is 0 Å². The number of aliphatic hydroxyl groups excluding tert-OH is 1. The van der Waals surface area contributed by atoms with Gasteiger partial charge < -0.3 is 10.0 Å². The summed E-state index contributed by atoms with van der Waals surface area (Å²) in [4.78, 5) is 14.6. The SMILES string of the molecule is CN(C)C(=O)c1ccc(C#CCCO)s1. The molecule has 1 N–H and O–H groups in total. The molecule has 3 nitrogen and oxygen atoms in total. The van der Waals surface area contributed by atoms with E-state index < -0.39 is 0 Å². The molecule has 1 heterocycles. The fraction of sp³-hybridized carbons (Fsp3) is 0.364. The molecule has 0 aliphatic carbocycles. The predicted octanol–water partition coefficient (Wildman–Crippen LogP) is 1.18. The van der Waals surface area contributed by atoms with E-state index in [4.69, 9.17) is 5.11 Å². The lowest BCUT2D eigenvalue weighted by Crippen LogP contribution is -2.20. The Kier molecular flexibility index (Phi) is 4.35. The van der Waals surface area contributed by atoms with Crippen LogP contribution in [0, 0.1) is 11.8 Å². The number of carbonyl (C=O) groups is 1. The summed E-state index contributed by atoms with van der Waals surface area (Å²) < 4.78 is 0. The minimum Gasteiger partial charge on any atom is -0.395 e. The molecule has 0 atom stereocenters. The van der Waals surface area contributed by atoms with Gasteiger partial charge in [0.05, 0.1) is 16.4 Å². The normalized spacial score (nSPS) is 9.27. The first-order valence-corrected chi connectivity index (χ1v) is 5.38. The molecule has 15 heavy (non-hydrogen) atoms. The van der Waals surface area contributed by atoms with Gasteiger partial charge in [-0.2, -0.15) is 0 Å². The summed E-state index contributed by atoms with van der Waals surface area (Å²) in [6.07, 6.45) is 0.467. The molecule has 80 valence electrons. The average molecular weight is 223 g/mol. The van der Waals surface area contributed by atoms with E-state index in [2.05, 4.69) is 11.8 Å². The lowest BCUT2D eigenvalue weighted by Gasteiger charge is -2.06. The van der Waals surface area contributed by atoms with Gasteiger partial charge >= 0.3 is 0 Å². The van der Waals surface area contributed by atoms with Gasteiger partial charge in [-0.1, -0.05) is 11.8 Å². The lowest BCUT2D eigenvalue weighted by atomic mass is 10.4. The number of rotatable bonds is 2. The third kappa shape index (κ3) is 3.39. The van der Waals surface area contributed by atoms with Gasteiger partial charge in [-0.25, -0.2) is 0 Å². The highest BCUT2D eigenvalue weighted by Crippen LogP contribution is 2.16. The Morgan fingerprint density at radius 3 is 2.87 bits per heavy atom. The van der Waals surface area contributed by atoms with E-state index in [1.165, 1.54) is 16.2 Å². The van der Waals surface area contributed by atoms with Crippen molar-refractivity contribution in [2.75, 3.05) is 20.7 Å². The largest absolute Gasteiger partial charge is 0.395 e. The van der Waals surface area contributed by atoms with Crippen molar-refractivity contribution in [1.29, 1.82) is 0 Å². The Labute approximate surface area is 93.3 Å². The van der Waals surface area contributed by atoms with Gasteiger partial charge in [-0.15, -0.1) is 11.3 Å². The second-order valence-corrected chi connectivity index (χ2v) is 4.22. The van der Waals surface area contributed by atoms with Crippen LogP contribution in [0.1, 0.15) is 21.0 Å². The van der Waals surface area contributed by atoms with E-state index in [0.29, 0.717) is 11.3 Å². The van der Waals surface area contributed by atoms with Crippen molar-refractivity contribution in [2.24, 2.45) is 0 Å². The first-order valence-electron chi connectivity index (χ1n) is 4.56. The molecule has 0 fully saturated rings. The quantitative estimate of drug-likeness (QED) is 0.765. The maximum Gasteiger partial charge on any atom is 0.263 e. The molecule has 0 aliphatic heterocycles. The summed E-state index contributed by atoms with van der Waals surface area (Å²) in [6, 6.07) is 3.60. The molecule has 0 aromatic carbocycles. The molecule has 0 unspecified atom stereocenters. The first-order chi connectivity index (χ1) is 7.15. The Balaban J connectivity index is 2.74. The maximum atomic E-state index is 11.5. The van der Waals surface area contributed by atoms with E-state index in [9.17, 15) is 4.79 Å². The number of amides is 1. The zero-order chi connectivity index (χ0) is 11.3. The molecule has 0 spiro atoms. The highest BCUT2D eigenvalue weighted by atomic mass is 32.1. The van der Waals surface area contributed by atoms with Crippen molar-refractivity contribution < 1.29 is 9.90 Å². The second-order valence-electron chi connectivity index (χ2n) is 3.14. The molecule has 1 aromatic heterocycles. The van der Waals surface area contributed by atoms with E-state index >= 15 is 0 Å². The Bertz CT molecular complexity index is 398. The van der Waals surface area contributed by atoms with Crippen LogP contribution in [0.3, 0.4) is 0 Å². The number of nitrogens with zero attached hydrogens (tertiary/aromatic N) is 1. The van der Waals surface area contributed by atoms with Gasteiger partial charge in [0.15, 0.2) is 0 Å². The molecule has 1 rings (SSSR count). The molecule has 0 bridgehead atoms. The van der Waals surface area contributed by atoms with Crippen LogP contribution in [-0.4, -0.2) is 36.6 Å². The summed E-state index contributed by atoms with van der Waals surface area (Å²) in [5, 5.41) is 8.55. The maximum absolute atomic E-state index is 11.5. The van der Waals surface area contributed by atoms with E-state index in [-0.39, 0.29) is 12.5 Å². The molecular weight excluding hydrogens is 210 g/mol. The van der Waals surface area contributed by atoms with Crippen LogP contribution < -0.4 is 0 Å². The van der Waals surface area contributed by atoms with Crippen LogP contribution >= 0.6 is 11.3 Å². The van der Waals surface area contributed by atoms with E-state index in [0.717, 1.165) is 4.88 Å². The fourth-order valence-corrected chi connectivity index (χ4v) is 1.85. The number of carbonyl (C=O) groups excluding carboxylic acids is 1. The molecular formula is C11H13NO2S. The summed E-state index contributed by atoms with van der Waals surface area (Å²) in [5.74, 6) is 5.71. The van der Waals surface area contributed by atoms with Gasteiger partial charge in [-0.3, -0.25) is 4.79 Å². The van der Waals surface area contributed by atoms with Crippen molar-refractivity contribution in [3.05, 3.63) is 21.9 Å². The fourth-order valence-electron chi connectivity index (χ4n) is 0.946. The molecule has 0 aliphatic rings. The van der Waals surface area contributed by atoms with Crippen molar-refractivity contribution in [2.45, 2.75) is 6.42 Å².